The van der Waals surface area contributed by atoms with Crippen molar-refractivity contribution in [3.05, 3.63) is 22.8 Å². The molecule has 0 heteroatoms. The molecule has 0 amide bonds. The Labute approximate surface area is 102 Å². The fraction of sp³-hybridized carbons (Fsp3) is 0.750. The quantitative estimate of drug-likeness (QED) is 0.542. The maximum atomic E-state index is 2.51. The Morgan fingerprint density at radius 3 is 2.44 bits per heavy atom. The van der Waals surface area contributed by atoms with Crippen molar-refractivity contribution in [2.75, 3.05) is 0 Å². The molecule has 0 heterocycles. The molecule has 92 valence electrons. The van der Waals surface area contributed by atoms with E-state index in [0.29, 0.717) is 0 Å². The SMILES string of the molecule is CCCCC1=CCC(CCCC)C(C)=C1C. The lowest BCUT2D eigenvalue weighted by atomic mass is 9.80. The first kappa shape index (κ1) is 13.5. The van der Waals surface area contributed by atoms with Crippen LogP contribution in [-0.4, -0.2) is 0 Å². The molecule has 1 rings (SSSR count). The molecule has 0 saturated carbocycles. The van der Waals surface area contributed by atoms with Crippen molar-refractivity contribution in [1.29, 1.82) is 0 Å². The van der Waals surface area contributed by atoms with Gasteiger partial charge in [-0.15, -0.1) is 0 Å². The molecule has 1 unspecified atom stereocenters. The zero-order chi connectivity index (χ0) is 12.0. The van der Waals surface area contributed by atoms with Crippen LogP contribution in [-0.2, 0) is 0 Å². The molecule has 0 aromatic rings. The van der Waals surface area contributed by atoms with Crippen LogP contribution in [0.2, 0.25) is 0 Å². The highest BCUT2D eigenvalue weighted by Crippen LogP contribution is 2.34. The van der Waals surface area contributed by atoms with Gasteiger partial charge in [-0.05, 0) is 56.6 Å². The van der Waals surface area contributed by atoms with Gasteiger partial charge in [0.15, 0.2) is 0 Å². The largest absolute Gasteiger partial charge is 0.0805 e. The van der Waals surface area contributed by atoms with Crippen molar-refractivity contribution in [2.45, 2.75) is 72.6 Å². The summed E-state index contributed by atoms with van der Waals surface area (Å²) in [6.07, 6.45) is 11.8. The smallest absolute Gasteiger partial charge is 0.0165 e. The number of hydrogen-bond acceptors (Lipinski definition) is 0. The minimum Gasteiger partial charge on any atom is -0.0805 e. The lowest BCUT2D eigenvalue weighted by Crippen LogP contribution is -2.09. The van der Waals surface area contributed by atoms with Crippen LogP contribution in [0.15, 0.2) is 22.8 Å². The summed E-state index contributed by atoms with van der Waals surface area (Å²) < 4.78 is 0. The second-order valence-electron chi connectivity index (χ2n) is 5.22. The normalized spacial score (nSPS) is 21.2. The van der Waals surface area contributed by atoms with Crippen molar-refractivity contribution in [2.24, 2.45) is 5.92 Å². The summed E-state index contributed by atoms with van der Waals surface area (Å²) in [5.74, 6) is 0.838. The van der Waals surface area contributed by atoms with E-state index in [0.717, 1.165) is 5.92 Å². The zero-order valence-electron chi connectivity index (χ0n) is 11.6. The molecule has 0 saturated heterocycles. The number of unbranched alkanes of at least 4 members (excludes halogenated alkanes) is 2. The Bertz CT molecular complexity index is 268. The van der Waals surface area contributed by atoms with Gasteiger partial charge in [0.2, 0.25) is 0 Å². The summed E-state index contributed by atoms with van der Waals surface area (Å²) in [6, 6.07) is 0. The van der Waals surface area contributed by atoms with Crippen LogP contribution in [0.4, 0.5) is 0 Å². The van der Waals surface area contributed by atoms with E-state index in [-0.39, 0.29) is 0 Å². The van der Waals surface area contributed by atoms with Crippen LogP contribution in [0.3, 0.4) is 0 Å². The lowest BCUT2D eigenvalue weighted by Gasteiger charge is -2.25. The molecule has 1 aliphatic rings. The molecule has 0 bridgehead atoms. The highest BCUT2D eigenvalue weighted by Gasteiger charge is 2.17. The highest BCUT2D eigenvalue weighted by molar-refractivity contribution is 5.37. The van der Waals surface area contributed by atoms with Crippen molar-refractivity contribution in [1.82, 2.24) is 0 Å². The first-order chi connectivity index (χ1) is 7.70. The molecule has 0 spiro atoms. The molecule has 16 heavy (non-hydrogen) atoms. The Kier molecular flexibility index (Phi) is 5.87. The Balaban J connectivity index is 2.59. The molecule has 0 aromatic carbocycles. The molecular formula is C16H28. The average Bonchev–Trinajstić information content (AvgIpc) is 2.30. The molecule has 0 N–H and O–H groups in total. The second-order valence-corrected chi connectivity index (χ2v) is 5.22. The Hall–Kier alpha value is -0.520. The van der Waals surface area contributed by atoms with E-state index in [9.17, 15) is 0 Å². The Morgan fingerprint density at radius 1 is 1.12 bits per heavy atom. The maximum absolute atomic E-state index is 2.51. The molecule has 0 aromatic heterocycles. The van der Waals surface area contributed by atoms with Gasteiger partial charge in [0.25, 0.3) is 0 Å². The standard InChI is InChI=1S/C16H28/c1-5-7-9-15-11-12-16(10-8-6-2)14(4)13(15)3/h11,16H,5-10,12H2,1-4H3. The topological polar surface area (TPSA) is 0 Å². The minimum atomic E-state index is 0.838. The van der Waals surface area contributed by atoms with E-state index in [4.69, 9.17) is 0 Å². The molecule has 0 radical (unpaired) electrons. The lowest BCUT2D eigenvalue weighted by molar-refractivity contribution is 0.522. The number of rotatable bonds is 6. The predicted molar refractivity (Wildman–Crippen MR) is 73.6 cm³/mol. The summed E-state index contributed by atoms with van der Waals surface area (Å²) in [5.41, 5.74) is 4.90. The van der Waals surface area contributed by atoms with Crippen molar-refractivity contribution in [3.63, 3.8) is 0 Å². The number of hydrogen-bond donors (Lipinski definition) is 0. The summed E-state index contributed by atoms with van der Waals surface area (Å²) in [5, 5.41) is 0. The van der Waals surface area contributed by atoms with E-state index in [1.54, 1.807) is 16.7 Å². The first-order valence-electron chi connectivity index (χ1n) is 7.07. The summed E-state index contributed by atoms with van der Waals surface area (Å²) in [4.78, 5) is 0. The molecule has 1 atom stereocenters. The van der Waals surface area contributed by atoms with E-state index < -0.39 is 0 Å². The molecule has 0 aliphatic heterocycles. The molecule has 0 fully saturated rings. The van der Waals surface area contributed by atoms with Gasteiger partial charge in [0.1, 0.15) is 0 Å². The highest BCUT2D eigenvalue weighted by atomic mass is 14.2. The summed E-state index contributed by atoms with van der Waals surface area (Å²) in [6.45, 7) is 9.25. The van der Waals surface area contributed by atoms with E-state index in [2.05, 4.69) is 33.8 Å². The van der Waals surface area contributed by atoms with Crippen LogP contribution < -0.4 is 0 Å². The summed E-state index contributed by atoms with van der Waals surface area (Å²) in [7, 11) is 0. The van der Waals surface area contributed by atoms with Gasteiger partial charge in [0.05, 0.1) is 0 Å². The van der Waals surface area contributed by atoms with Crippen LogP contribution in [0, 0.1) is 5.92 Å². The summed E-state index contributed by atoms with van der Waals surface area (Å²) >= 11 is 0. The van der Waals surface area contributed by atoms with Gasteiger partial charge >= 0.3 is 0 Å². The van der Waals surface area contributed by atoms with Crippen molar-refractivity contribution >= 4 is 0 Å². The predicted octanol–water partition coefficient (Wildman–Crippen LogP) is 5.65. The van der Waals surface area contributed by atoms with Crippen LogP contribution >= 0.6 is 0 Å². The van der Waals surface area contributed by atoms with Gasteiger partial charge in [-0.3, -0.25) is 0 Å². The fourth-order valence-electron chi connectivity index (χ4n) is 2.62. The van der Waals surface area contributed by atoms with Gasteiger partial charge in [-0.2, -0.15) is 0 Å². The van der Waals surface area contributed by atoms with Crippen molar-refractivity contribution in [3.8, 4) is 0 Å². The molecular weight excluding hydrogens is 192 g/mol. The third kappa shape index (κ3) is 3.50. The molecule has 1 aliphatic carbocycles. The average molecular weight is 220 g/mol. The first-order valence-corrected chi connectivity index (χ1v) is 7.07. The van der Waals surface area contributed by atoms with Gasteiger partial charge in [0, 0.05) is 0 Å². The van der Waals surface area contributed by atoms with Crippen LogP contribution in [0.25, 0.3) is 0 Å². The van der Waals surface area contributed by atoms with Gasteiger partial charge in [-0.25, -0.2) is 0 Å². The van der Waals surface area contributed by atoms with Crippen LogP contribution in [0.5, 0.6) is 0 Å². The maximum Gasteiger partial charge on any atom is -0.0165 e. The monoisotopic (exact) mass is 220 g/mol. The van der Waals surface area contributed by atoms with E-state index >= 15 is 0 Å². The number of allylic oxidation sites excluding steroid dienone is 4. The fourth-order valence-corrected chi connectivity index (χ4v) is 2.62. The van der Waals surface area contributed by atoms with Gasteiger partial charge < -0.3 is 0 Å². The third-order valence-corrected chi connectivity index (χ3v) is 4.04. The van der Waals surface area contributed by atoms with E-state index in [1.807, 2.05) is 0 Å². The Morgan fingerprint density at radius 2 is 1.81 bits per heavy atom. The van der Waals surface area contributed by atoms with E-state index in [1.165, 1.54) is 44.9 Å². The second kappa shape index (κ2) is 6.93. The minimum absolute atomic E-state index is 0.838. The zero-order valence-corrected chi connectivity index (χ0v) is 11.6. The third-order valence-electron chi connectivity index (χ3n) is 4.04. The van der Waals surface area contributed by atoms with Crippen LogP contribution in [0.1, 0.15) is 72.6 Å². The molecule has 0 nitrogen and oxygen atoms in total. The van der Waals surface area contributed by atoms with Gasteiger partial charge in [-0.1, -0.05) is 44.8 Å². The van der Waals surface area contributed by atoms with Crippen molar-refractivity contribution < 1.29 is 0 Å².